The minimum Gasteiger partial charge on any atom is -1.00 e. The highest BCUT2D eigenvalue weighted by molar-refractivity contribution is 6.31. The first kappa shape index (κ1) is 39.5. The van der Waals surface area contributed by atoms with E-state index in [1.54, 1.807) is 6.92 Å². The van der Waals surface area contributed by atoms with Crippen molar-refractivity contribution in [1.29, 1.82) is 0 Å². The van der Waals surface area contributed by atoms with Crippen LogP contribution in [0.4, 0.5) is 0 Å². The summed E-state index contributed by atoms with van der Waals surface area (Å²) < 4.78 is 17.4. The Bertz CT molecular complexity index is 1900. The summed E-state index contributed by atoms with van der Waals surface area (Å²) >= 11 is 0. The number of phenolic OH excluding ortho intramolecular Hbond substituents is 2. The third kappa shape index (κ3) is 7.04. The first-order chi connectivity index (χ1) is 24.7. The number of aromatic hydroxyl groups is 2. The molecule has 1 saturated heterocycles. The fraction of sp³-hybridized carbons (Fsp3) is 0.429. The topological polar surface area (TPSA) is 269 Å². The highest BCUT2D eigenvalue weighted by atomic mass is 35.5. The molecule has 17 nitrogen and oxygen atoms in total. The van der Waals surface area contributed by atoms with Crippen LogP contribution in [-0.2, 0) is 30.3 Å². The summed E-state index contributed by atoms with van der Waals surface area (Å²) in [5.41, 5.74) is 2.17. The lowest BCUT2D eigenvalue weighted by Gasteiger charge is -2.42. The van der Waals surface area contributed by atoms with Gasteiger partial charge in [0.05, 0.1) is 54.7 Å². The number of hydrogen-bond donors (Lipinski definition) is 7. The number of fused-ring (bicyclic) bond motifs is 3. The van der Waals surface area contributed by atoms with Crippen LogP contribution in [0.2, 0.25) is 0 Å². The summed E-state index contributed by atoms with van der Waals surface area (Å²) in [4.78, 5) is 65.0. The molecule has 2 aromatic rings. The number of amides is 3. The third-order valence-corrected chi connectivity index (χ3v) is 9.91. The van der Waals surface area contributed by atoms with Gasteiger partial charge >= 0.3 is 0 Å². The van der Waals surface area contributed by atoms with Crippen molar-refractivity contribution in [2.24, 2.45) is 5.10 Å². The number of methoxy groups -OCH3 is 1. The second kappa shape index (κ2) is 15.3. The van der Waals surface area contributed by atoms with Crippen molar-refractivity contribution in [1.82, 2.24) is 10.3 Å². The number of hydrogen-bond acceptors (Lipinski definition) is 14. The molecule has 3 amide bonds. The van der Waals surface area contributed by atoms with E-state index in [1.807, 2.05) is 0 Å². The normalized spacial score (nSPS) is 26.5. The van der Waals surface area contributed by atoms with Crippen LogP contribution in [0.1, 0.15) is 81.7 Å². The van der Waals surface area contributed by atoms with Gasteiger partial charge in [0.25, 0.3) is 11.8 Å². The van der Waals surface area contributed by atoms with E-state index in [2.05, 4.69) is 16.3 Å². The summed E-state index contributed by atoms with van der Waals surface area (Å²) in [6, 6.07) is 3.81. The number of quaternary nitrogens is 1. The second-order valence-corrected chi connectivity index (χ2v) is 13.2. The zero-order valence-electron chi connectivity index (χ0n) is 28.7. The number of carbonyl (C=O) groups excluding carboxylic acids is 5. The largest absolute Gasteiger partial charge is 1.00 e. The zero-order chi connectivity index (χ0) is 37.6. The van der Waals surface area contributed by atoms with Gasteiger partial charge in [0.15, 0.2) is 12.1 Å². The number of imide groups is 1. The molecule has 0 bridgehead atoms. The van der Waals surface area contributed by atoms with Crippen molar-refractivity contribution in [3.63, 3.8) is 0 Å². The van der Waals surface area contributed by atoms with Crippen LogP contribution in [-0.4, -0.2) is 116 Å². The first-order valence-electron chi connectivity index (χ1n) is 16.6. The Hall–Kier alpha value is -4.75. The molecule has 284 valence electrons. The summed E-state index contributed by atoms with van der Waals surface area (Å²) in [7, 11) is 1.31. The molecule has 18 heteroatoms. The van der Waals surface area contributed by atoms with Crippen LogP contribution < -0.4 is 28.3 Å². The monoisotopic (exact) mass is 758 g/mol. The van der Waals surface area contributed by atoms with Crippen molar-refractivity contribution >= 4 is 35.0 Å². The van der Waals surface area contributed by atoms with Gasteiger partial charge in [0.2, 0.25) is 11.7 Å². The molecular weight excluding hydrogens is 720 g/mol. The molecule has 0 spiro atoms. The Morgan fingerprint density at radius 2 is 1.77 bits per heavy atom. The Labute approximate surface area is 308 Å². The lowest BCUT2D eigenvalue weighted by Crippen LogP contribution is -3.00. The maximum Gasteiger partial charge on any atom is 0.253 e. The quantitative estimate of drug-likeness (QED) is 0.0449. The van der Waals surface area contributed by atoms with E-state index < -0.39 is 108 Å². The number of aliphatic hydroxyl groups is 3. The lowest BCUT2D eigenvalue weighted by atomic mass is 9.71. The highest BCUT2D eigenvalue weighted by Crippen LogP contribution is 2.52. The highest BCUT2D eigenvalue weighted by Gasteiger charge is 2.50. The number of benzene rings is 2. The number of aliphatic hydroxyl groups excluding tert-OH is 2. The molecule has 0 unspecified atom stereocenters. The number of nitrogens with one attached hydrogen (secondary N) is 1. The summed E-state index contributed by atoms with van der Waals surface area (Å²) in [6.45, 7) is 0.690. The van der Waals surface area contributed by atoms with Gasteiger partial charge in [0, 0.05) is 54.6 Å². The number of phenols is 2. The number of nitrogens with zero attached hydrogens (tertiary/aromatic N) is 2. The maximum absolute atomic E-state index is 13.9. The number of ether oxygens (including phenoxy) is 3. The number of ketones is 2. The van der Waals surface area contributed by atoms with Crippen LogP contribution >= 0.6 is 0 Å². The van der Waals surface area contributed by atoms with E-state index >= 15 is 0 Å². The van der Waals surface area contributed by atoms with Gasteiger partial charge in [-0.3, -0.25) is 28.9 Å². The van der Waals surface area contributed by atoms with Gasteiger partial charge in [-0.15, -0.1) is 0 Å². The van der Waals surface area contributed by atoms with Crippen LogP contribution in [0.15, 0.2) is 35.5 Å². The van der Waals surface area contributed by atoms with E-state index in [0.717, 1.165) is 17.1 Å². The van der Waals surface area contributed by atoms with Gasteiger partial charge in [-0.1, -0.05) is 12.1 Å². The first-order valence-corrected chi connectivity index (χ1v) is 16.6. The molecule has 6 rings (SSSR count). The number of hydrazone groups is 1. The molecule has 1 fully saturated rings. The second-order valence-electron chi connectivity index (χ2n) is 13.2. The standard InChI is InChI=1S/C35H38N4O13.ClH/c1-15-30(44)18(36)11-25(51-15)52-20-13-35(49,21(14-40)37-38-22(41)7-4-10-39-23(42)8-9-24(39)43)12-17-27(20)34(48)29-28(32(17)46)31(45)16-5-3-6-19(50-2)26(16)33(29)47;/h3,5-6,8-9,15,18,20,25,30,40,44,46,48-49H,4,7,10-14,36H2,1-2H3,(H,38,41);1H/b37-21+;/t15-,18-,20-,25-,30+,35-;/m0./s1. The maximum atomic E-state index is 13.9. The SMILES string of the molecule is COc1cccc2c1C(=O)c1c(O)c3c(c(O)c1C2=O)C[C@@](O)(/C(CO)=N/NC(=O)CCCN1C(=O)C=CC1=O)C[C@@H]3O[C@H]1C[C@H]([NH3+])[C@H](O)[C@H](C)O1.[Cl-]. The van der Waals surface area contributed by atoms with Gasteiger partial charge in [-0.2, -0.15) is 5.10 Å². The van der Waals surface area contributed by atoms with Crippen molar-refractivity contribution in [2.45, 2.75) is 75.3 Å². The van der Waals surface area contributed by atoms with E-state index in [1.165, 1.54) is 25.3 Å². The van der Waals surface area contributed by atoms with E-state index in [-0.39, 0.29) is 71.9 Å². The van der Waals surface area contributed by atoms with Crippen molar-refractivity contribution in [3.05, 3.63) is 63.7 Å². The smallest absolute Gasteiger partial charge is 0.253 e. The van der Waals surface area contributed by atoms with Gasteiger partial charge in [-0.05, 0) is 19.4 Å². The molecule has 0 radical (unpaired) electrons. The third-order valence-electron chi connectivity index (χ3n) is 9.91. The molecule has 2 aromatic carbocycles. The van der Waals surface area contributed by atoms with Crippen LogP contribution in [0.5, 0.6) is 17.2 Å². The molecule has 4 aliphatic rings. The van der Waals surface area contributed by atoms with E-state index in [0.29, 0.717) is 0 Å². The van der Waals surface area contributed by atoms with Crippen LogP contribution in [0.3, 0.4) is 0 Å². The summed E-state index contributed by atoms with van der Waals surface area (Å²) in [6.07, 6.45) is -2.82. The van der Waals surface area contributed by atoms with Crippen LogP contribution in [0, 0.1) is 0 Å². The fourth-order valence-electron chi connectivity index (χ4n) is 7.19. The number of carbonyl (C=O) groups is 5. The Morgan fingerprint density at radius 3 is 2.42 bits per heavy atom. The minimum absolute atomic E-state index is 0. The fourth-order valence-corrected chi connectivity index (χ4v) is 7.19. The Kier molecular flexibility index (Phi) is 11.4. The molecule has 0 saturated carbocycles. The average Bonchev–Trinajstić information content (AvgIpc) is 3.43. The lowest BCUT2D eigenvalue weighted by molar-refractivity contribution is -0.466. The molecule has 6 atom stereocenters. The van der Waals surface area contributed by atoms with Crippen molar-refractivity contribution in [3.8, 4) is 17.2 Å². The van der Waals surface area contributed by atoms with E-state index in [9.17, 15) is 49.5 Å². The van der Waals surface area contributed by atoms with Crippen LogP contribution in [0.25, 0.3) is 0 Å². The Morgan fingerprint density at radius 1 is 1.09 bits per heavy atom. The molecular formula is C35H39ClN4O13. The molecule has 2 aliphatic heterocycles. The molecule has 53 heavy (non-hydrogen) atoms. The summed E-state index contributed by atoms with van der Waals surface area (Å²) in [5.74, 6) is -4.57. The summed E-state index contributed by atoms with van der Waals surface area (Å²) in [5, 5.41) is 60.4. The molecule has 9 N–H and O–H groups in total. The molecule has 2 heterocycles. The van der Waals surface area contributed by atoms with E-state index in [4.69, 9.17) is 14.2 Å². The number of halogens is 1. The minimum atomic E-state index is -2.18. The zero-order valence-corrected chi connectivity index (χ0v) is 29.5. The van der Waals surface area contributed by atoms with Gasteiger partial charge in [-0.25, -0.2) is 5.43 Å². The van der Waals surface area contributed by atoms with Gasteiger partial charge in [0.1, 0.15) is 35.0 Å². The Balaban J connectivity index is 0.00000541. The predicted molar refractivity (Wildman–Crippen MR) is 176 cm³/mol. The molecule has 0 aromatic heterocycles. The van der Waals surface area contributed by atoms with Gasteiger partial charge < -0.3 is 57.9 Å². The van der Waals surface area contributed by atoms with Crippen molar-refractivity contribution in [2.75, 3.05) is 20.3 Å². The average molecular weight is 759 g/mol. The predicted octanol–water partition coefficient (Wildman–Crippen LogP) is -4.10. The van der Waals surface area contributed by atoms with Crippen molar-refractivity contribution < 1.29 is 81.9 Å². The molecule has 2 aliphatic carbocycles. The number of rotatable bonds is 10.